The molecule has 0 saturated carbocycles. The van der Waals surface area contributed by atoms with Crippen LogP contribution < -0.4 is 0 Å². The lowest BCUT2D eigenvalue weighted by atomic mass is 9.91. The molecule has 1 unspecified atom stereocenters. The summed E-state index contributed by atoms with van der Waals surface area (Å²) in [7, 11) is 0. The SMILES string of the molecule is CC(O)(Cc1cn(-c2ccccc2O)nn1)c1ccc(F)cc1F. The van der Waals surface area contributed by atoms with Gasteiger partial charge in [0, 0.05) is 18.1 Å². The van der Waals surface area contributed by atoms with Crippen LogP contribution in [-0.2, 0) is 12.0 Å². The molecule has 7 heteroatoms. The summed E-state index contributed by atoms with van der Waals surface area (Å²) in [6.07, 6.45) is 1.51. The van der Waals surface area contributed by atoms with Crippen LogP contribution in [0.25, 0.3) is 5.69 Å². The molecule has 1 heterocycles. The van der Waals surface area contributed by atoms with E-state index in [2.05, 4.69) is 10.3 Å². The van der Waals surface area contributed by atoms with Gasteiger partial charge in [-0.25, -0.2) is 13.5 Å². The Kier molecular flexibility index (Phi) is 4.02. The molecule has 0 aliphatic rings. The number of hydrogen-bond donors (Lipinski definition) is 2. The molecule has 1 aromatic heterocycles. The van der Waals surface area contributed by atoms with E-state index >= 15 is 0 Å². The van der Waals surface area contributed by atoms with Gasteiger partial charge in [-0.1, -0.05) is 23.4 Å². The van der Waals surface area contributed by atoms with Crippen molar-refractivity contribution < 1.29 is 19.0 Å². The fraction of sp³-hybridized carbons (Fsp3) is 0.176. The third-order valence-corrected chi connectivity index (χ3v) is 3.71. The van der Waals surface area contributed by atoms with Gasteiger partial charge in [0.15, 0.2) is 0 Å². The highest BCUT2D eigenvalue weighted by Crippen LogP contribution is 2.28. The Morgan fingerprint density at radius 3 is 2.62 bits per heavy atom. The Morgan fingerprint density at radius 1 is 1.17 bits per heavy atom. The lowest BCUT2D eigenvalue weighted by Crippen LogP contribution is -2.26. The van der Waals surface area contributed by atoms with E-state index in [9.17, 15) is 19.0 Å². The minimum absolute atomic E-state index is 0.0247. The topological polar surface area (TPSA) is 71.2 Å². The normalized spacial score (nSPS) is 13.7. The van der Waals surface area contributed by atoms with Crippen LogP contribution in [0.2, 0.25) is 0 Å². The number of aliphatic hydroxyl groups is 1. The van der Waals surface area contributed by atoms with Crippen LogP contribution in [0, 0.1) is 11.6 Å². The highest BCUT2D eigenvalue weighted by molar-refractivity contribution is 5.44. The fourth-order valence-corrected chi connectivity index (χ4v) is 2.53. The molecule has 0 spiro atoms. The molecule has 3 aromatic rings. The molecular formula is C17H15F2N3O2. The first-order valence-electron chi connectivity index (χ1n) is 7.24. The summed E-state index contributed by atoms with van der Waals surface area (Å²) in [4.78, 5) is 0. The van der Waals surface area contributed by atoms with Crippen molar-refractivity contribution in [2.45, 2.75) is 18.9 Å². The van der Waals surface area contributed by atoms with Crippen LogP contribution >= 0.6 is 0 Å². The summed E-state index contributed by atoms with van der Waals surface area (Å²) in [5.41, 5.74) is -0.783. The molecule has 124 valence electrons. The van der Waals surface area contributed by atoms with Crippen molar-refractivity contribution in [2.24, 2.45) is 0 Å². The Morgan fingerprint density at radius 2 is 1.92 bits per heavy atom. The molecule has 24 heavy (non-hydrogen) atoms. The highest BCUT2D eigenvalue weighted by atomic mass is 19.1. The molecule has 0 bridgehead atoms. The van der Waals surface area contributed by atoms with Gasteiger partial charge in [0.2, 0.25) is 0 Å². The largest absolute Gasteiger partial charge is 0.506 e. The lowest BCUT2D eigenvalue weighted by Gasteiger charge is -2.23. The second kappa shape index (κ2) is 6.01. The number of aromatic hydroxyl groups is 1. The molecule has 3 rings (SSSR count). The first-order valence-corrected chi connectivity index (χ1v) is 7.24. The maximum Gasteiger partial charge on any atom is 0.141 e. The van der Waals surface area contributed by atoms with E-state index in [1.807, 2.05) is 0 Å². The maximum absolute atomic E-state index is 13.9. The van der Waals surface area contributed by atoms with Crippen LogP contribution in [0.5, 0.6) is 5.75 Å². The average Bonchev–Trinajstić information content (AvgIpc) is 2.94. The summed E-state index contributed by atoms with van der Waals surface area (Å²) in [6.45, 7) is 1.42. The van der Waals surface area contributed by atoms with Gasteiger partial charge < -0.3 is 10.2 Å². The summed E-state index contributed by atoms with van der Waals surface area (Å²) in [5, 5.41) is 28.2. The number of para-hydroxylation sites is 2. The number of halogens is 2. The standard InChI is InChI=1S/C17H15F2N3O2/c1-17(24,13-7-6-11(18)8-14(13)19)9-12-10-22(21-20-12)15-4-2-3-5-16(15)23/h2-8,10,23-24H,9H2,1H3. The zero-order valence-electron chi connectivity index (χ0n) is 12.8. The van der Waals surface area contributed by atoms with Crippen molar-refractivity contribution in [1.82, 2.24) is 15.0 Å². The summed E-state index contributed by atoms with van der Waals surface area (Å²) in [5.74, 6) is -1.50. The van der Waals surface area contributed by atoms with Crippen LogP contribution in [0.1, 0.15) is 18.2 Å². The van der Waals surface area contributed by atoms with Crippen LogP contribution in [0.4, 0.5) is 8.78 Å². The molecule has 0 aliphatic heterocycles. The van der Waals surface area contributed by atoms with E-state index in [4.69, 9.17) is 0 Å². The summed E-state index contributed by atoms with van der Waals surface area (Å²) >= 11 is 0. The van der Waals surface area contributed by atoms with Gasteiger partial charge >= 0.3 is 0 Å². The minimum atomic E-state index is -1.59. The van der Waals surface area contributed by atoms with E-state index in [0.717, 1.165) is 12.1 Å². The van der Waals surface area contributed by atoms with E-state index in [0.29, 0.717) is 11.4 Å². The van der Waals surface area contributed by atoms with E-state index in [1.54, 1.807) is 18.2 Å². The molecule has 2 N–H and O–H groups in total. The van der Waals surface area contributed by atoms with Gasteiger partial charge in [0.05, 0.1) is 17.5 Å². The molecule has 0 aliphatic carbocycles. The number of phenols is 1. The van der Waals surface area contributed by atoms with Gasteiger partial charge in [-0.3, -0.25) is 0 Å². The monoisotopic (exact) mass is 331 g/mol. The lowest BCUT2D eigenvalue weighted by molar-refractivity contribution is 0.0526. The van der Waals surface area contributed by atoms with E-state index in [-0.39, 0.29) is 17.7 Å². The summed E-state index contributed by atoms with van der Waals surface area (Å²) < 4.78 is 28.3. The van der Waals surface area contributed by atoms with Crippen molar-refractivity contribution in [3.8, 4) is 11.4 Å². The number of aromatic nitrogens is 3. The smallest absolute Gasteiger partial charge is 0.141 e. The third kappa shape index (κ3) is 3.11. The molecule has 1 atom stereocenters. The van der Waals surface area contributed by atoms with Gasteiger partial charge in [-0.15, -0.1) is 5.10 Å². The van der Waals surface area contributed by atoms with Gasteiger partial charge in [0.1, 0.15) is 23.1 Å². The highest BCUT2D eigenvalue weighted by Gasteiger charge is 2.28. The van der Waals surface area contributed by atoms with E-state index < -0.39 is 17.2 Å². The van der Waals surface area contributed by atoms with Gasteiger partial charge in [-0.05, 0) is 25.1 Å². The van der Waals surface area contributed by atoms with Crippen molar-refractivity contribution in [3.05, 3.63) is 71.6 Å². The van der Waals surface area contributed by atoms with Gasteiger partial charge in [-0.2, -0.15) is 0 Å². The molecule has 0 amide bonds. The van der Waals surface area contributed by atoms with Gasteiger partial charge in [0.25, 0.3) is 0 Å². The Bertz CT molecular complexity index is 878. The number of hydrogen-bond acceptors (Lipinski definition) is 4. The molecule has 0 fully saturated rings. The second-order valence-electron chi connectivity index (χ2n) is 5.72. The van der Waals surface area contributed by atoms with Crippen molar-refractivity contribution in [3.63, 3.8) is 0 Å². The predicted molar refractivity (Wildman–Crippen MR) is 82.7 cm³/mol. The Labute approximate surface area is 136 Å². The van der Waals surface area contributed by atoms with Crippen molar-refractivity contribution >= 4 is 0 Å². The Balaban J connectivity index is 1.87. The second-order valence-corrected chi connectivity index (χ2v) is 5.72. The number of benzene rings is 2. The number of phenolic OH excluding ortho intramolecular Hbond substituents is 1. The minimum Gasteiger partial charge on any atom is -0.506 e. The Hall–Kier alpha value is -2.80. The molecular weight excluding hydrogens is 316 g/mol. The molecule has 2 aromatic carbocycles. The van der Waals surface area contributed by atoms with Crippen molar-refractivity contribution in [1.29, 1.82) is 0 Å². The average molecular weight is 331 g/mol. The van der Waals surface area contributed by atoms with E-state index in [1.165, 1.54) is 29.9 Å². The number of rotatable bonds is 4. The zero-order chi connectivity index (χ0) is 17.3. The third-order valence-electron chi connectivity index (χ3n) is 3.71. The number of nitrogens with zero attached hydrogens (tertiary/aromatic N) is 3. The first kappa shape index (κ1) is 16.1. The maximum atomic E-state index is 13.9. The molecule has 0 saturated heterocycles. The van der Waals surface area contributed by atoms with Crippen molar-refractivity contribution in [2.75, 3.05) is 0 Å². The molecule has 5 nitrogen and oxygen atoms in total. The predicted octanol–water partition coefficient (Wildman–Crippen LogP) is 2.70. The first-order chi connectivity index (χ1) is 11.4. The summed E-state index contributed by atoms with van der Waals surface area (Å²) in [6, 6.07) is 9.61. The van der Waals surface area contributed by atoms with Crippen LogP contribution in [0.3, 0.4) is 0 Å². The fourth-order valence-electron chi connectivity index (χ4n) is 2.53. The van der Waals surface area contributed by atoms with Crippen LogP contribution in [-0.4, -0.2) is 25.2 Å². The molecule has 0 radical (unpaired) electrons. The quantitative estimate of drug-likeness (QED) is 0.771. The van der Waals surface area contributed by atoms with Crippen LogP contribution in [0.15, 0.2) is 48.7 Å². The zero-order valence-corrected chi connectivity index (χ0v) is 12.8.